The summed E-state index contributed by atoms with van der Waals surface area (Å²) in [5.41, 5.74) is 1.42. The van der Waals surface area contributed by atoms with Gasteiger partial charge in [-0.05, 0) is 0 Å². The minimum atomic E-state index is -0.850. The molecule has 0 saturated carbocycles. The van der Waals surface area contributed by atoms with E-state index in [1.165, 1.54) is 16.6 Å². The van der Waals surface area contributed by atoms with Gasteiger partial charge >= 0.3 is 152 Å². The summed E-state index contributed by atoms with van der Waals surface area (Å²) >= 11 is 0.105. The summed E-state index contributed by atoms with van der Waals surface area (Å²) in [6.07, 6.45) is 0. The number of esters is 1. The van der Waals surface area contributed by atoms with Crippen LogP contribution in [0, 0.1) is 5.82 Å². The van der Waals surface area contributed by atoms with Crippen LogP contribution in [0.1, 0.15) is 21.5 Å². The summed E-state index contributed by atoms with van der Waals surface area (Å²) in [6, 6.07) is 23.9. The molecule has 0 aliphatic carbocycles. The predicted octanol–water partition coefficient (Wildman–Crippen LogP) is 3.69. The Balaban J connectivity index is 1.79. The van der Waals surface area contributed by atoms with E-state index in [2.05, 4.69) is 12.1 Å². The molecule has 0 fully saturated rings. The number of hydrogen-bond donors (Lipinski definition) is 0. The van der Waals surface area contributed by atoms with Crippen molar-refractivity contribution in [1.82, 2.24) is 0 Å². The normalized spacial score (nSPS) is 18.7. The third kappa shape index (κ3) is 2.88. The fourth-order valence-corrected chi connectivity index (χ4v) is 5.42. The summed E-state index contributed by atoms with van der Waals surface area (Å²) in [5, 5.41) is 0.665. The molecule has 0 radical (unpaired) electrons. The molecule has 1 heterocycles. The topological polar surface area (TPSA) is 26.3 Å². The maximum atomic E-state index is 13.4. The van der Waals surface area contributed by atoms with Gasteiger partial charge in [-0.3, -0.25) is 0 Å². The van der Waals surface area contributed by atoms with Crippen molar-refractivity contribution in [2.75, 3.05) is 0 Å². The van der Waals surface area contributed by atoms with E-state index in [9.17, 15) is 9.18 Å². The number of hydrogen-bond acceptors (Lipinski definition) is 2. The van der Waals surface area contributed by atoms with Gasteiger partial charge in [-0.1, -0.05) is 0 Å². The molecule has 1 unspecified atom stereocenters. The van der Waals surface area contributed by atoms with Gasteiger partial charge in [-0.15, -0.1) is 0 Å². The van der Waals surface area contributed by atoms with Crippen molar-refractivity contribution in [2.24, 2.45) is 0 Å². The first-order chi connectivity index (χ1) is 12.2. The van der Waals surface area contributed by atoms with Gasteiger partial charge in [0.05, 0.1) is 0 Å². The zero-order valence-electron chi connectivity index (χ0n) is 13.3. The van der Waals surface area contributed by atoms with Crippen molar-refractivity contribution in [3.63, 3.8) is 0 Å². The number of halogens is 1. The van der Waals surface area contributed by atoms with E-state index in [0.717, 1.165) is 11.1 Å². The third-order valence-corrected chi connectivity index (χ3v) is 6.77. The van der Waals surface area contributed by atoms with E-state index in [0.29, 0.717) is 10.9 Å². The van der Waals surface area contributed by atoms with E-state index in [4.69, 9.17) is 4.74 Å². The Labute approximate surface area is 151 Å². The van der Waals surface area contributed by atoms with Gasteiger partial charge in [0, 0.05) is 0 Å². The predicted molar refractivity (Wildman–Crippen MR) is 95.7 cm³/mol. The number of ether oxygens (including phenoxy) is 1. The van der Waals surface area contributed by atoms with Crippen molar-refractivity contribution >= 4 is 25.4 Å². The van der Waals surface area contributed by atoms with E-state index >= 15 is 0 Å². The van der Waals surface area contributed by atoms with Crippen LogP contribution < -0.4 is 4.46 Å². The molecule has 3 aromatic rings. The molecule has 0 spiro atoms. The van der Waals surface area contributed by atoms with Crippen molar-refractivity contribution in [2.45, 2.75) is 10.9 Å². The van der Waals surface area contributed by atoms with Crippen molar-refractivity contribution in [3.05, 3.63) is 101 Å². The molecule has 1 aliphatic rings. The van der Waals surface area contributed by atoms with Crippen LogP contribution >= 0.6 is 0 Å². The Morgan fingerprint density at radius 2 is 1.56 bits per heavy atom. The van der Waals surface area contributed by atoms with Gasteiger partial charge in [0.2, 0.25) is 0 Å². The van der Waals surface area contributed by atoms with Crippen molar-refractivity contribution in [3.8, 4) is 0 Å². The molecule has 4 heteroatoms. The average molecular weight is 397 g/mol. The molecular formula is C21H15FO2Se. The maximum absolute atomic E-state index is 13.4. The Bertz CT molecular complexity index is 909. The molecular weight excluding hydrogens is 382 g/mol. The monoisotopic (exact) mass is 398 g/mol. The summed E-state index contributed by atoms with van der Waals surface area (Å²) in [7, 11) is 0. The molecule has 1 aliphatic heterocycles. The number of rotatable bonds is 4. The Morgan fingerprint density at radius 3 is 2.32 bits per heavy atom. The molecule has 3 aromatic carbocycles. The summed E-state index contributed by atoms with van der Waals surface area (Å²) in [4.78, 5) is 12.4. The van der Waals surface area contributed by atoms with Crippen LogP contribution in [-0.4, -0.2) is 20.9 Å². The molecule has 0 saturated heterocycles. The summed E-state index contributed by atoms with van der Waals surface area (Å²) in [6.45, 7) is 0. The SMILES string of the molecule is O=C1OC(C[Se]c2ccccc2)(c2ccc(F)cc2)c2ccccc21. The average Bonchev–Trinajstić information content (AvgIpc) is 2.95. The van der Waals surface area contributed by atoms with Crippen LogP contribution in [0.25, 0.3) is 0 Å². The van der Waals surface area contributed by atoms with Crippen molar-refractivity contribution in [1.29, 1.82) is 0 Å². The van der Waals surface area contributed by atoms with E-state index in [1.807, 2.05) is 36.4 Å². The second kappa shape index (κ2) is 6.47. The number of carbonyl (C=O) groups is 1. The van der Waals surface area contributed by atoms with Crippen LogP contribution in [0.3, 0.4) is 0 Å². The molecule has 0 amide bonds. The van der Waals surface area contributed by atoms with Gasteiger partial charge in [0.25, 0.3) is 0 Å². The van der Waals surface area contributed by atoms with E-state index in [1.54, 1.807) is 18.2 Å². The molecule has 2 nitrogen and oxygen atoms in total. The zero-order chi connectivity index (χ0) is 17.3. The van der Waals surface area contributed by atoms with Gasteiger partial charge < -0.3 is 0 Å². The van der Waals surface area contributed by atoms with Crippen molar-refractivity contribution < 1.29 is 13.9 Å². The minimum absolute atomic E-state index is 0.105. The van der Waals surface area contributed by atoms with Crippen LogP contribution in [0.4, 0.5) is 4.39 Å². The van der Waals surface area contributed by atoms with Gasteiger partial charge in [-0.2, -0.15) is 0 Å². The van der Waals surface area contributed by atoms with Gasteiger partial charge in [0.1, 0.15) is 0 Å². The quantitative estimate of drug-likeness (QED) is 0.496. The van der Waals surface area contributed by atoms with Crippen LogP contribution in [0.5, 0.6) is 0 Å². The fourth-order valence-electron chi connectivity index (χ4n) is 3.11. The summed E-state index contributed by atoms with van der Waals surface area (Å²) in [5.74, 6) is -0.617. The Hall–Kier alpha value is -2.42. The first-order valence-electron chi connectivity index (χ1n) is 7.96. The Morgan fingerprint density at radius 1 is 0.880 bits per heavy atom. The number of carbonyl (C=O) groups excluding carboxylic acids is 1. The number of fused-ring (bicyclic) bond motifs is 1. The van der Waals surface area contributed by atoms with Crippen LogP contribution in [0.2, 0.25) is 5.32 Å². The van der Waals surface area contributed by atoms with Gasteiger partial charge in [0.15, 0.2) is 0 Å². The molecule has 4 rings (SSSR count). The standard InChI is InChI=1S/C21H15FO2Se/c22-16-12-10-15(11-13-16)21(14-25-17-6-2-1-3-7-17)19-9-5-4-8-18(19)20(23)24-21/h1-13H,14H2. The third-order valence-electron chi connectivity index (χ3n) is 4.34. The molecule has 1 atom stereocenters. The summed E-state index contributed by atoms with van der Waals surface area (Å²) < 4.78 is 20.6. The fraction of sp³-hybridized carbons (Fsp3) is 0.0952. The molecule has 124 valence electrons. The second-order valence-corrected chi connectivity index (χ2v) is 8.07. The first kappa shape index (κ1) is 16.1. The number of benzene rings is 3. The molecule has 0 aromatic heterocycles. The molecule has 0 N–H and O–H groups in total. The number of cyclic esters (lactones) is 1. The van der Waals surface area contributed by atoms with Gasteiger partial charge in [-0.25, -0.2) is 0 Å². The van der Waals surface area contributed by atoms with Crippen LogP contribution in [-0.2, 0) is 10.3 Å². The zero-order valence-corrected chi connectivity index (χ0v) is 15.0. The van der Waals surface area contributed by atoms with E-state index in [-0.39, 0.29) is 26.7 Å². The molecule has 25 heavy (non-hydrogen) atoms. The second-order valence-electron chi connectivity index (χ2n) is 5.87. The van der Waals surface area contributed by atoms with Crippen LogP contribution in [0.15, 0.2) is 78.9 Å². The van der Waals surface area contributed by atoms with E-state index < -0.39 is 5.60 Å². The molecule has 0 bridgehead atoms. The first-order valence-corrected chi connectivity index (χ1v) is 10.0. The Kier molecular flexibility index (Phi) is 4.16.